The van der Waals surface area contributed by atoms with Crippen LogP contribution in [0.1, 0.15) is 0 Å². The van der Waals surface area contributed by atoms with Crippen LogP contribution in [0.5, 0.6) is 0 Å². The molecule has 0 saturated heterocycles. The van der Waals surface area contributed by atoms with E-state index in [4.69, 9.17) is 19.9 Å². The summed E-state index contributed by atoms with van der Waals surface area (Å²) in [5.41, 5.74) is 15.1. The van der Waals surface area contributed by atoms with Gasteiger partial charge in [-0.15, -0.1) is 0 Å². The van der Waals surface area contributed by atoms with Crippen molar-refractivity contribution in [2.45, 2.75) is 0 Å². The van der Waals surface area contributed by atoms with E-state index in [2.05, 4.69) is 176 Å². The van der Waals surface area contributed by atoms with Gasteiger partial charge in [-0.05, 0) is 53.1 Å². The van der Waals surface area contributed by atoms with Crippen molar-refractivity contribution in [2.75, 3.05) is 0 Å². The van der Waals surface area contributed by atoms with Crippen LogP contribution in [0.2, 0.25) is 0 Å². The molecule has 0 atom stereocenters. The lowest BCUT2D eigenvalue weighted by Gasteiger charge is -2.15. The van der Waals surface area contributed by atoms with E-state index in [9.17, 15) is 0 Å². The maximum atomic E-state index is 5.30. The first-order valence-corrected chi connectivity index (χ1v) is 18.9. The largest absolute Gasteiger partial charge is 0.245 e. The van der Waals surface area contributed by atoms with Gasteiger partial charge in [-0.1, -0.05) is 158 Å². The monoisotopic (exact) mass is 712 g/mol. The van der Waals surface area contributed by atoms with E-state index in [1.807, 2.05) is 18.2 Å². The van der Waals surface area contributed by atoms with Crippen molar-refractivity contribution in [3.05, 3.63) is 194 Å². The molecule has 0 radical (unpaired) electrons. The third-order valence-electron chi connectivity index (χ3n) is 10.8. The quantitative estimate of drug-likeness (QED) is 0.132. The zero-order valence-electron chi connectivity index (χ0n) is 30.3. The van der Waals surface area contributed by atoms with Crippen molar-refractivity contribution in [1.29, 1.82) is 0 Å². The van der Waals surface area contributed by atoms with E-state index in [1.165, 1.54) is 0 Å². The van der Waals surface area contributed by atoms with Crippen molar-refractivity contribution < 1.29 is 0 Å². The van der Waals surface area contributed by atoms with Crippen LogP contribution in [0.25, 0.3) is 111 Å². The Kier molecular flexibility index (Phi) is 7.46. The average Bonchev–Trinajstić information content (AvgIpc) is 3.28. The summed E-state index contributed by atoms with van der Waals surface area (Å²) in [4.78, 5) is 21.0. The first-order valence-electron chi connectivity index (χ1n) is 18.9. The molecule has 0 aliphatic carbocycles. The maximum Gasteiger partial charge on any atom is 0.0978 e. The van der Waals surface area contributed by atoms with Gasteiger partial charge in [-0.25, -0.2) is 19.9 Å². The number of rotatable bonds is 5. The molecule has 11 aromatic rings. The Balaban J connectivity index is 1.09. The molecule has 0 N–H and O–H groups in total. The van der Waals surface area contributed by atoms with Gasteiger partial charge in [0.15, 0.2) is 0 Å². The molecule has 0 aliphatic rings. The molecule has 0 unspecified atom stereocenters. The van der Waals surface area contributed by atoms with Crippen molar-refractivity contribution in [1.82, 2.24) is 19.9 Å². The second-order valence-electron chi connectivity index (χ2n) is 14.2. The van der Waals surface area contributed by atoms with Crippen molar-refractivity contribution >= 4 is 54.5 Å². The fourth-order valence-electron chi connectivity index (χ4n) is 8.08. The topological polar surface area (TPSA) is 51.6 Å². The molecule has 7 aromatic carbocycles. The summed E-state index contributed by atoms with van der Waals surface area (Å²) in [5, 5.41) is 5.37. The van der Waals surface area contributed by atoms with Gasteiger partial charge in [-0.3, -0.25) is 0 Å². The predicted molar refractivity (Wildman–Crippen MR) is 232 cm³/mol. The Hall–Kier alpha value is -7.56. The van der Waals surface area contributed by atoms with Gasteiger partial charge in [0.25, 0.3) is 0 Å². The minimum Gasteiger partial charge on any atom is -0.245 e. The zero-order valence-corrected chi connectivity index (χ0v) is 30.3. The van der Waals surface area contributed by atoms with E-state index in [0.29, 0.717) is 0 Å². The first-order chi connectivity index (χ1) is 27.7. The zero-order chi connectivity index (χ0) is 37.0. The van der Waals surface area contributed by atoms with E-state index in [1.54, 1.807) is 0 Å². The summed E-state index contributed by atoms with van der Waals surface area (Å²) in [6, 6.07) is 67.9. The lowest BCUT2D eigenvalue weighted by molar-refractivity contribution is 1.36. The molecular formula is C52H32N4. The second-order valence-corrected chi connectivity index (χ2v) is 14.2. The van der Waals surface area contributed by atoms with Crippen molar-refractivity contribution in [3.8, 4) is 56.0 Å². The van der Waals surface area contributed by atoms with Crippen LogP contribution in [0, 0.1) is 0 Å². The molecular weight excluding hydrogens is 681 g/mol. The number of hydrogen-bond acceptors (Lipinski definition) is 4. The summed E-state index contributed by atoms with van der Waals surface area (Å²) in [5.74, 6) is 0. The number of benzene rings is 7. The van der Waals surface area contributed by atoms with Crippen molar-refractivity contribution in [2.24, 2.45) is 0 Å². The normalized spacial score (nSPS) is 11.6. The van der Waals surface area contributed by atoms with Crippen LogP contribution >= 0.6 is 0 Å². The summed E-state index contributed by atoms with van der Waals surface area (Å²) in [7, 11) is 0. The number of pyridine rings is 4. The fraction of sp³-hybridized carbons (Fsp3) is 0. The van der Waals surface area contributed by atoms with Crippen LogP contribution in [0.4, 0.5) is 0 Å². The Morgan fingerprint density at radius 2 is 0.732 bits per heavy atom. The summed E-state index contributed by atoms with van der Waals surface area (Å²) >= 11 is 0. The van der Waals surface area contributed by atoms with Gasteiger partial charge < -0.3 is 0 Å². The molecule has 0 fully saturated rings. The molecule has 4 nitrogen and oxygen atoms in total. The standard InChI is InChI=1S/C52H32N4/c1-4-12-34(13-5-1)44-29-25-38-24-27-42-48(41-18-10-11-19-47(41)56-52(42)49(38)53-44)37-22-20-33(21-23-37)43-32-39-26-30-45(35-14-6-2-7-15-35)54-50(39)51-40(43)28-31-46(55-51)36-16-8-3-9-17-36/h1-32H. The molecule has 56 heavy (non-hydrogen) atoms. The first kappa shape index (κ1) is 31.9. The molecule has 11 rings (SSSR count). The van der Waals surface area contributed by atoms with Crippen LogP contribution in [-0.2, 0) is 0 Å². The second kappa shape index (κ2) is 13.1. The summed E-state index contributed by atoms with van der Waals surface area (Å²) in [6.07, 6.45) is 0. The molecule has 260 valence electrons. The molecule has 0 aliphatic heterocycles. The SMILES string of the molecule is c1ccc(-c2ccc3cc(-c4ccc(-c5c6ccccc6nc6c5ccc5ccc(-c7ccccc7)nc56)cc4)c4ccc(-c5ccccc5)nc4c3n2)cc1. The highest BCUT2D eigenvalue weighted by atomic mass is 14.8. The lowest BCUT2D eigenvalue weighted by Crippen LogP contribution is -1.94. The number of hydrogen-bond donors (Lipinski definition) is 0. The number of para-hydroxylation sites is 1. The molecule has 0 amide bonds. The van der Waals surface area contributed by atoms with E-state index < -0.39 is 0 Å². The molecule has 0 saturated carbocycles. The van der Waals surface area contributed by atoms with Gasteiger partial charge in [0, 0.05) is 49.2 Å². The number of nitrogens with zero attached hydrogens (tertiary/aromatic N) is 4. The number of fused-ring (bicyclic) bond motifs is 7. The highest BCUT2D eigenvalue weighted by Crippen LogP contribution is 2.40. The van der Waals surface area contributed by atoms with Crippen LogP contribution in [0.15, 0.2) is 194 Å². The molecule has 4 heteroatoms. The Morgan fingerprint density at radius 3 is 1.38 bits per heavy atom. The Labute approximate surface area is 323 Å². The summed E-state index contributed by atoms with van der Waals surface area (Å²) < 4.78 is 0. The highest BCUT2D eigenvalue weighted by molar-refractivity contribution is 6.16. The molecule has 4 heterocycles. The Morgan fingerprint density at radius 1 is 0.268 bits per heavy atom. The lowest BCUT2D eigenvalue weighted by atomic mass is 9.92. The van der Waals surface area contributed by atoms with E-state index in [-0.39, 0.29) is 0 Å². The van der Waals surface area contributed by atoms with Gasteiger partial charge in [-0.2, -0.15) is 0 Å². The van der Waals surface area contributed by atoms with Crippen LogP contribution in [-0.4, -0.2) is 19.9 Å². The van der Waals surface area contributed by atoms with Gasteiger partial charge >= 0.3 is 0 Å². The minimum atomic E-state index is 0.890. The third-order valence-corrected chi connectivity index (χ3v) is 10.8. The van der Waals surface area contributed by atoms with Gasteiger partial charge in [0.1, 0.15) is 0 Å². The highest BCUT2D eigenvalue weighted by Gasteiger charge is 2.17. The molecule has 0 bridgehead atoms. The van der Waals surface area contributed by atoms with Crippen LogP contribution in [0.3, 0.4) is 0 Å². The third kappa shape index (κ3) is 5.39. The fourth-order valence-corrected chi connectivity index (χ4v) is 8.08. The average molecular weight is 713 g/mol. The van der Waals surface area contributed by atoms with Gasteiger partial charge in [0.2, 0.25) is 0 Å². The number of aromatic nitrogens is 4. The van der Waals surface area contributed by atoms with E-state index >= 15 is 0 Å². The van der Waals surface area contributed by atoms with Crippen molar-refractivity contribution in [3.63, 3.8) is 0 Å². The smallest absolute Gasteiger partial charge is 0.0978 e. The van der Waals surface area contributed by atoms with Gasteiger partial charge in [0.05, 0.1) is 44.7 Å². The van der Waals surface area contributed by atoms with E-state index in [0.717, 1.165) is 111 Å². The minimum absolute atomic E-state index is 0.890. The molecule has 0 spiro atoms. The molecule has 4 aromatic heterocycles. The predicted octanol–water partition coefficient (Wildman–Crippen LogP) is 13.4. The van der Waals surface area contributed by atoms with Crippen LogP contribution < -0.4 is 0 Å². The maximum absolute atomic E-state index is 5.30. The summed E-state index contributed by atoms with van der Waals surface area (Å²) in [6.45, 7) is 0. The Bertz CT molecular complexity index is 3270.